The van der Waals surface area contributed by atoms with E-state index in [1.807, 2.05) is 30.3 Å². The van der Waals surface area contributed by atoms with Crippen LogP contribution in [0.15, 0.2) is 76.8 Å². The molecule has 0 radical (unpaired) electrons. The van der Waals surface area contributed by atoms with Crippen molar-refractivity contribution < 1.29 is 4.79 Å². The Morgan fingerprint density at radius 2 is 1.83 bits per heavy atom. The number of fused-ring (bicyclic) bond motifs is 1. The zero-order valence-electron chi connectivity index (χ0n) is 15.5. The highest BCUT2D eigenvalue weighted by Gasteiger charge is 2.11. The van der Waals surface area contributed by atoms with Gasteiger partial charge in [-0.1, -0.05) is 41.9 Å². The number of benzene rings is 1. The van der Waals surface area contributed by atoms with E-state index in [1.165, 1.54) is 18.0 Å². The van der Waals surface area contributed by atoms with E-state index in [0.29, 0.717) is 38.3 Å². The normalized spacial score (nSPS) is 11.0. The van der Waals surface area contributed by atoms with Gasteiger partial charge in [-0.15, -0.1) is 11.8 Å². The van der Waals surface area contributed by atoms with Crippen molar-refractivity contribution in [3.8, 4) is 0 Å². The number of carbonyl (C=O) groups excluding carboxylic acids is 1. The molecular weight excluding hydrogens is 406 g/mol. The van der Waals surface area contributed by atoms with Crippen LogP contribution in [0.3, 0.4) is 0 Å². The molecule has 144 valence electrons. The average Bonchev–Trinajstić information content (AvgIpc) is 2.76. The first-order valence-electron chi connectivity index (χ1n) is 8.89. The number of pyridine rings is 2. The van der Waals surface area contributed by atoms with Crippen LogP contribution < -0.4 is 5.56 Å². The van der Waals surface area contributed by atoms with Crippen LogP contribution in [0.4, 0.5) is 0 Å². The number of hydrogen-bond donors (Lipinski definition) is 0. The van der Waals surface area contributed by atoms with Crippen molar-refractivity contribution in [1.82, 2.24) is 14.4 Å². The molecule has 0 atom stereocenters. The minimum Gasteiger partial charge on any atom is -0.289 e. The van der Waals surface area contributed by atoms with Crippen LogP contribution in [0.1, 0.15) is 27.0 Å². The molecule has 0 unspecified atom stereocenters. The van der Waals surface area contributed by atoms with Crippen molar-refractivity contribution in [1.29, 1.82) is 0 Å². The van der Waals surface area contributed by atoms with Crippen molar-refractivity contribution in [3.05, 3.63) is 105 Å². The smallest absolute Gasteiger partial charge is 0.261 e. The lowest BCUT2D eigenvalue weighted by Gasteiger charge is -2.08. The summed E-state index contributed by atoms with van der Waals surface area (Å²) in [5.74, 6) is 0.543. The Hall–Kier alpha value is -2.96. The zero-order valence-corrected chi connectivity index (χ0v) is 17.1. The van der Waals surface area contributed by atoms with Gasteiger partial charge in [-0.05, 0) is 36.8 Å². The van der Waals surface area contributed by atoms with Crippen LogP contribution in [-0.2, 0) is 5.75 Å². The molecule has 0 saturated heterocycles. The maximum absolute atomic E-state index is 12.5. The quantitative estimate of drug-likeness (QED) is 0.204. The van der Waals surface area contributed by atoms with Crippen LogP contribution in [-0.4, -0.2) is 20.2 Å². The SMILES string of the molecule is Cc1c(SCc2ccc(C(=O)c3ccc(Cl)nc3)cc2)nc2ccccn2c1=O. The summed E-state index contributed by atoms with van der Waals surface area (Å²) < 4.78 is 1.55. The van der Waals surface area contributed by atoms with Crippen molar-refractivity contribution >= 4 is 34.8 Å². The molecule has 0 N–H and O–H groups in total. The monoisotopic (exact) mass is 421 g/mol. The molecule has 3 heterocycles. The van der Waals surface area contributed by atoms with Crippen LogP contribution in [0, 0.1) is 6.92 Å². The third-order valence-corrected chi connectivity index (χ3v) is 5.87. The number of nitrogens with zero attached hydrogens (tertiary/aromatic N) is 3. The Bertz CT molecular complexity index is 1250. The van der Waals surface area contributed by atoms with Gasteiger partial charge in [-0.3, -0.25) is 14.0 Å². The lowest BCUT2D eigenvalue weighted by atomic mass is 10.0. The molecule has 4 aromatic rings. The number of hydrogen-bond acceptors (Lipinski definition) is 5. The van der Waals surface area contributed by atoms with Crippen LogP contribution in [0.5, 0.6) is 0 Å². The van der Waals surface area contributed by atoms with Crippen molar-refractivity contribution in [2.45, 2.75) is 17.7 Å². The molecule has 0 spiro atoms. The molecular formula is C22H16ClN3O2S. The van der Waals surface area contributed by atoms with Gasteiger partial charge in [0.25, 0.3) is 5.56 Å². The highest BCUT2D eigenvalue weighted by Crippen LogP contribution is 2.23. The molecule has 0 aliphatic heterocycles. The first kappa shape index (κ1) is 19.4. The molecule has 1 aromatic carbocycles. The summed E-state index contributed by atoms with van der Waals surface area (Å²) in [6, 6.07) is 16.2. The summed E-state index contributed by atoms with van der Waals surface area (Å²) in [5.41, 5.74) is 3.31. The van der Waals surface area contributed by atoms with E-state index in [1.54, 1.807) is 41.8 Å². The molecule has 0 fully saturated rings. The number of halogens is 1. The summed E-state index contributed by atoms with van der Waals surface area (Å²) in [6.45, 7) is 1.79. The van der Waals surface area contributed by atoms with Crippen LogP contribution in [0.25, 0.3) is 5.65 Å². The third kappa shape index (κ3) is 4.09. The Kier molecular flexibility index (Phi) is 5.47. The average molecular weight is 422 g/mol. The molecule has 3 aromatic heterocycles. The van der Waals surface area contributed by atoms with Gasteiger partial charge in [0, 0.05) is 34.8 Å². The number of rotatable bonds is 5. The number of carbonyl (C=O) groups is 1. The highest BCUT2D eigenvalue weighted by molar-refractivity contribution is 7.98. The summed E-state index contributed by atoms with van der Waals surface area (Å²) in [4.78, 5) is 33.6. The van der Waals surface area contributed by atoms with Gasteiger partial charge >= 0.3 is 0 Å². The van der Waals surface area contributed by atoms with Gasteiger partial charge in [0.05, 0.1) is 0 Å². The predicted octanol–water partition coefficient (Wildman–Crippen LogP) is 4.57. The highest BCUT2D eigenvalue weighted by atomic mass is 35.5. The molecule has 0 aliphatic rings. The largest absolute Gasteiger partial charge is 0.289 e. The molecule has 0 bridgehead atoms. The van der Waals surface area contributed by atoms with Gasteiger partial charge in [0.2, 0.25) is 0 Å². The lowest BCUT2D eigenvalue weighted by Crippen LogP contribution is -2.18. The van der Waals surface area contributed by atoms with E-state index in [9.17, 15) is 9.59 Å². The second-order valence-corrected chi connectivity index (χ2v) is 7.81. The summed E-state index contributed by atoms with van der Waals surface area (Å²) in [7, 11) is 0. The van der Waals surface area contributed by atoms with E-state index >= 15 is 0 Å². The van der Waals surface area contributed by atoms with Crippen LogP contribution in [0.2, 0.25) is 5.15 Å². The predicted molar refractivity (Wildman–Crippen MR) is 115 cm³/mol. The molecule has 7 heteroatoms. The fourth-order valence-corrected chi connectivity index (χ4v) is 3.95. The van der Waals surface area contributed by atoms with Gasteiger partial charge in [0.1, 0.15) is 15.8 Å². The Labute approximate surface area is 176 Å². The topological polar surface area (TPSA) is 64.3 Å². The molecule has 4 rings (SSSR count). The number of ketones is 1. The summed E-state index contributed by atoms with van der Waals surface area (Å²) >= 11 is 7.28. The first-order valence-corrected chi connectivity index (χ1v) is 10.3. The molecule has 29 heavy (non-hydrogen) atoms. The standard InChI is InChI=1S/C22H16ClN3O2S/c1-14-21(25-19-4-2-3-11-26(19)22(14)28)29-13-15-5-7-16(8-6-15)20(27)17-9-10-18(23)24-12-17/h2-12H,13H2,1H3. The van der Waals surface area contributed by atoms with Gasteiger partial charge in [0.15, 0.2) is 5.78 Å². The van der Waals surface area contributed by atoms with E-state index in [4.69, 9.17) is 11.6 Å². The van der Waals surface area contributed by atoms with E-state index in [2.05, 4.69) is 9.97 Å². The molecule has 0 saturated carbocycles. The second kappa shape index (κ2) is 8.19. The van der Waals surface area contributed by atoms with E-state index in [-0.39, 0.29) is 11.3 Å². The Balaban J connectivity index is 1.50. The van der Waals surface area contributed by atoms with E-state index in [0.717, 1.165) is 5.56 Å². The van der Waals surface area contributed by atoms with Crippen molar-refractivity contribution in [3.63, 3.8) is 0 Å². The maximum Gasteiger partial charge on any atom is 0.261 e. The fraction of sp³-hybridized carbons (Fsp3) is 0.0909. The lowest BCUT2D eigenvalue weighted by molar-refractivity contribution is 0.103. The minimum atomic E-state index is -0.103. The summed E-state index contributed by atoms with van der Waals surface area (Å²) in [5, 5.41) is 1.07. The van der Waals surface area contributed by atoms with Crippen molar-refractivity contribution in [2.75, 3.05) is 0 Å². The molecule has 0 aliphatic carbocycles. The Morgan fingerprint density at radius 3 is 2.55 bits per heavy atom. The Morgan fingerprint density at radius 1 is 1.07 bits per heavy atom. The second-order valence-electron chi connectivity index (χ2n) is 6.46. The van der Waals surface area contributed by atoms with E-state index < -0.39 is 0 Å². The molecule has 5 nitrogen and oxygen atoms in total. The third-order valence-electron chi connectivity index (χ3n) is 4.50. The zero-order chi connectivity index (χ0) is 20.4. The molecule has 0 amide bonds. The van der Waals surface area contributed by atoms with Crippen molar-refractivity contribution in [2.24, 2.45) is 0 Å². The first-order chi connectivity index (χ1) is 14.0. The fourth-order valence-electron chi connectivity index (χ4n) is 2.88. The van der Waals surface area contributed by atoms with Gasteiger partial charge < -0.3 is 0 Å². The van der Waals surface area contributed by atoms with Gasteiger partial charge in [-0.25, -0.2) is 9.97 Å². The number of aromatic nitrogens is 3. The number of thioether (sulfide) groups is 1. The van der Waals surface area contributed by atoms with Gasteiger partial charge in [-0.2, -0.15) is 0 Å². The van der Waals surface area contributed by atoms with Crippen LogP contribution >= 0.6 is 23.4 Å². The minimum absolute atomic E-state index is 0.0596. The maximum atomic E-state index is 12.5. The summed E-state index contributed by atoms with van der Waals surface area (Å²) in [6.07, 6.45) is 3.19.